The van der Waals surface area contributed by atoms with E-state index in [-0.39, 0.29) is 18.0 Å². The van der Waals surface area contributed by atoms with Gasteiger partial charge in [0.2, 0.25) is 5.89 Å². The fourth-order valence-corrected chi connectivity index (χ4v) is 5.96. The van der Waals surface area contributed by atoms with E-state index in [0.29, 0.717) is 34.4 Å². The lowest BCUT2D eigenvalue weighted by Gasteiger charge is -2.25. The molecule has 0 amide bonds. The van der Waals surface area contributed by atoms with Crippen LogP contribution in [0.15, 0.2) is 56.8 Å². The SMILES string of the molecule is Cc1c(-c2ncco2)sc2c1c(=O)n(C(C)(C)C(=O)O)c(=O)n2C[C@@H](OCC1CCCO1)c1ccccc1. The topological polar surface area (TPSA) is 126 Å². The molecule has 10 nitrogen and oxygen atoms in total. The number of hydrogen-bond acceptors (Lipinski definition) is 8. The monoisotopic (exact) mass is 539 g/mol. The third kappa shape index (κ3) is 4.61. The molecule has 1 unspecified atom stereocenters. The summed E-state index contributed by atoms with van der Waals surface area (Å²) in [4.78, 5) is 45.0. The number of benzene rings is 1. The van der Waals surface area contributed by atoms with Crippen molar-refractivity contribution in [1.29, 1.82) is 0 Å². The van der Waals surface area contributed by atoms with Gasteiger partial charge in [-0.2, -0.15) is 0 Å². The summed E-state index contributed by atoms with van der Waals surface area (Å²) in [5.74, 6) is -0.974. The predicted molar refractivity (Wildman–Crippen MR) is 142 cm³/mol. The van der Waals surface area contributed by atoms with Crippen molar-refractivity contribution in [3.8, 4) is 10.8 Å². The average molecular weight is 540 g/mol. The van der Waals surface area contributed by atoms with E-state index in [0.717, 1.165) is 23.0 Å². The zero-order valence-corrected chi connectivity index (χ0v) is 22.2. The summed E-state index contributed by atoms with van der Waals surface area (Å²) < 4.78 is 19.8. The van der Waals surface area contributed by atoms with Gasteiger partial charge in [-0.05, 0) is 44.7 Å². The van der Waals surface area contributed by atoms with Gasteiger partial charge in [-0.15, -0.1) is 11.3 Å². The minimum atomic E-state index is -1.79. The molecular weight excluding hydrogens is 510 g/mol. The number of carboxylic acids is 1. The molecule has 5 rings (SSSR count). The van der Waals surface area contributed by atoms with E-state index in [2.05, 4.69) is 4.98 Å². The number of carbonyl (C=O) groups is 1. The molecule has 1 aliphatic heterocycles. The highest BCUT2D eigenvalue weighted by Crippen LogP contribution is 2.36. The van der Waals surface area contributed by atoms with Crippen LogP contribution in [0, 0.1) is 6.92 Å². The molecule has 0 bridgehead atoms. The highest BCUT2D eigenvalue weighted by molar-refractivity contribution is 7.22. The zero-order valence-electron chi connectivity index (χ0n) is 21.4. The molecule has 3 aromatic heterocycles. The Morgan fingerprint density at radius 2 is 2.05 bits per heavy atom. The van der Waals surface area contributed by atoms with Crippen LogP contribution in [0.3, 0.4) is 0 Å². The van der Waals surface area contributed by atoms with E-state index in [1.165, 1.54) is 42.2 Å². The number of carboxylic acid groups (broad SMARTS) is 1. The van der Waals surface area contributed by atoms with Gasteiger partial charge in [0.25, 0.3) is 5.56 Å². The van der Waals surface area contributed by atoms with Gasteiger partial charge in [0.1, 0.15) is 22.7 Å². The molecule has 200 valence electrons. The van der Waals surface area contributed by atoms with E-state index < -0.39 is 28.9 Å². The van der Waals surface area contributed by atoms with Gasteiger partial charge in [-0.3, -0.25) is 9.36 Å². The van der Waals surface area contributed by atoms with Crippen molar-refractivity contribution in [2.45, 2.75) is 57.9 Å². The molecule has 4 heterocycles. The lowest BCUT2D eigenvalue weighted by Crippen LogP contribution is -2.52. The Hall–Kier alpha value is -3.54. The quantitative estimate of drug-likeness (QED) is 0.339. The van der Waals surface area contributed by atoms with Crippen molar-refractivity contribution >= 4 is 27.5 Å². The largest absolute Gasteiger partial charge is 0.480 e. The number of fused-ring (bicyclic) bond motifs is 1. The van der Waals surface area contributed by atoms with Crippen LogP contribution in [0.1, 0.15) is 43.9 Å². The summed E-state index contributed by atoms with van der Waals surface area (Å²) in [5.41, 5.74) is -1.77. The van der Waals surface area contributed by atoms with E-state index >= 15 is 0 Å². The number of rotatable bonds is 9. The van der Waals surface area contributed by atoms with E-state index in [1.54, 1.807) is 6.92 Å². The number of oxazole rings is 1. The molecule has 0 saturated carbocycles. The molecule has 0 aliphatic carbocycles. The Morgan fingerprint density at radius 3 is 2.68 bits per heavy atom. The second kappa shape index (κ2) is 10.3. The van der Waals surface area contributed by atoms with Crippen LogP contribution < -0.4 is 11.2 Å². The number of hydrogen-bond donors (Lipinski definition) is 1. The fraction of sp³-hybridized carbons (Fsp3) is 0.407. The lowest BCUT2D eigenvalue weighted by atomic mass is 10.1. The number of aliphatic carboxylic acids is 1. The smallest absolute Gasteiger partial charge is 0.333 e. The molecule has 1 saturated heterocycles. The van der Waals surface area contributed by atoms with Gasteiger partial charge in [-0.1, -0.05) is 30.3 Å². The summed E-state index contributed by atoms with van der Waals surface area (Å²) >= 11 is 1.21. The maximum Gasteiger partial charge on any atom is 0.333 e. The van der Waals surface area contributed by atoms with Crippen molar-refractivity contribution in [2.75, 3.05) is 13.2 Å². The van der Waals surface area contributed by atoms with Gasteiger partial charge in [0.05, 0.1) is 35.7 Å². The summed E-state index contributed by atoms with van der Waals surface area (Å²) in [6.45, 7) is 5.53. The van der Waals surface area contributed by atoms with Gasteiger partial charge in [0.15, 0.2) is 0 Å². The van der Waals surface area contributed by atoms with Crippen LogP contribution in [0.4, 0.5) is 0 Å². The van der Waals surface area contributed by atoms with Crippen LogP contribution in [-0.4, -0.2) is 44.5 Å². The number of aryl methyl sites for hydroxylation is 1. The average Bonchev–Trinajstić information content (AvgIpc) is 3.66. The Bertz CT molecular complexity index is 1560. The van der Waals surface area contributed by atoms with Crippen molar-refractivity contribution in [3.63, 3.8) is 0 Å². The molecule has 0 radical (unpaired) electrons. The van der Waals surface area contributed by atoms with Gasteiger partial charge >= 0.3 is 11.7 Å². The van der Waals surface area contributed by atoms with Crippen LogP contribution in [0.5, 0.6) is 0 Å². The molecule has 11 heteroatoms. The Morgan fingerprint density at radius 1 is 1.29 bits per heavy atom. The predicted octanol–water partition coefficient (Wildman–Crippen LogP) is 3.94. The molecule has 0 spiro atoms. The summed E-state index contributed by atoms with van der Waals surface area (Å²) in [6.07, 6.45) is 4.22. The molecule has 38 heavy (non-hydrogen) atoms. The van der Waals surface area contributed by atoms with E-state index in [1.807, 2.05) is 30.3 Å². The van der Waals surface area contributed by atoms with Gasteiger partial charge in [-0.25, -0.2) is 19.1 Å². The number of aromatic nitrogens is 3. The van der Waals surface area contributed by atoms with Crippen LogP contribution in [0.25, 0.3) is 21.0 Å². The summed E-state index contributed by atoms with van der Waals surface area (Å²) in [5, 5.41) is 10.2. The third-order valence-electron chi connectivity index (χ3n) is 6.95. The fourth-order valence-electron chi connectivity index (χ4n) is 4.72. The highest BCUT2D eigenvalue weighted by atomic mass is 32.1. The van der Waals surface area contributed by atoms with E-state index in [9.17, 15) is 19.5 Å². The highest BCUT2D eigenvalue weighted by Gasteiger charge is 2.36. The second-order valence-corrected chi connectivity index (χ2v) is 10.8. The van der Waals surface area contributed by atoms with Crippen molar-refractivity contribution in [3.05, 3.63) is 74.8 Å². The number of thiophene rings is 1. The normalized spacial score (nSPS) is 16.8. The maximum atomic E-state index is 13.9. The zero-order chi connectivity index (χ0) is 27.0. The molecular formula is C27H29N3O7S. The standard InChI is InChI=1S/C27H29N3O7S/c1-16-20-23(31)30(27(2,3)25(32)33)26(34)29(24(20)38-21(16)22-28-11-13-36-22)14-19(17-8-5-4-6-9-17)37-15-18-10-7-12-35-18/h4-6,8-9,11,13,18-19H,7,10,12,14-15H2,1-3H3,(H,32,33)/t18?,19-/m1/s1. The molecule has 1 aliphatic rings. The van der Waals surface area contributed by atoms with Crippen molar-refractivity contribution in [1.82, 2.24) is 14.1 Å². The van der Waals surface area contributed by atoms with Crippen LogP contribution in [0.2, 0.25) is 0 Å². The summed E-state index contributed by atoms with van der Waals surface area (Å²) in [7, 11) is 0. The van der Waals surface area contributed by atoms with Gasteiger partial charge in [0, 0.05) is 6.61 Å². The molecule has 1 fully saturated rings. The molecule has 1 aromatic carbocycles. The Labute approximate surface area is 222 Å². The minimum Gasteiger partial charge on any atom is -0.480 e. The first-order chi connectivity index (χ1) is 18.2. The summed E-state index contributed by atoms with van der Waals surface area (Å²) in [6, 6.07) is 9.50. The first kappa shape index (κ1) is 26.1. The van der Waals surface area contributed by atoms with E-state index in [4.69, 9.17) is 13.9 Å². The van der Waals surface area contributed by atoms with Gasteiger partial charge < -0.3 is 19.0 Å². The maximum absolute atomic E-state index is 13.9. The number of nitrogens with zero attached hydrogens (tertiary/aromatic N) is 3. The van der Waals surface area contributed by atoms with Crippen LogP contribution >= 0.6 is 11.3 Å². The Kier molecular flexibility index (Phi) is 7.08. The first-order valence-electron chi connectivity index (χ1n) is 12.4. The van der Waals surface area contributed by atoms with Crippen LogP contribution in [-0.2, 0) is 26.4 Å². The molecule has 4 aromatic rings. The van der Waals surface area contributed by atoms with Crippen molar-refractivity contribution in [2.24, 2.45) is 0 Å². The molecule has 2 atom stereocenters. The van der Waals surface area contributed by atoms with Crippen molar-refractivity contribution < 1.29 is 23.8 Å². The third-order valence-corrected chi connectivity index (χ3v) is 8.25. The molecule has 1 N–H and O–H groups in total. The lowest BCUT2D eigenvalue weighted by molar-refractivity contribution is -0.146. The second-order valence-electron chi connectivity index (χ2n) is 9.84. The Balaban J connectivity index is 1.71. The number of ether oxygens (including phenoxy) is 2. The first-order valence-corrected chi connectivity index (χ1v) is 13.2. The minimum absolute atomic E-state index is 0.0292.